The van der Waals surface area contributed by atoms with Crippen LogP contribution in [-0.2, 0) is 4.79 Å². The van der Waals surface area contributed by atoms with Crippen LogP contribution in [0.25, 0.3) is 0 Å². The number of hydrogen-bond acceptors (Lipinski definition) is 4. The molecule has 2 N–H and O–H groups in total. The average molecular weight is 417 g/mol. The molecule has 1 fully saturated rings. The van der Waals surface area contributed by atoms with E-state index in [2.05, 4.69) is 34.3 Å². The number of nitrogens with one attached hydrogen (secondary N) is 2. The highest BCUT2D eigenvalue weighted by molar-refractivity contribution is 6.02. The molecule has 1 saturated heterocycles. The van der Waals surface area contributed by atoms with Crippen LogP contribution in [-0.4, -0.2) is 56.0 Å². The standard InChI is InChI=1S/C24H40N4O2/c1-6-27(7-2)16-13-25-23(30)20-17-19(26-22(29)18-24(3,4)5)11-12-21(20)28-14-9-8-10-15-28/h11-12,17H,6-10,13-16,18H2,1-5H3,(H,25,30)(H,26,29). The first-order valence-electron chi connectivity index (χ1n) is 11.4. The van der Waals surface area contributed by atoms with Gasteiger partial charge in [0.2, 0.25) is 5.91 Å². The molecule has 0 bridgehead atoms. The number of rotatable bonds is 9. The smallest absolute Gasteiger partial charge is 0.253 e. The lowest BCUT2D eigenvalue weighted by Crippen LogP contribution is -2.36. The Morgan fingerprint density at radius 1 is 1.07 bits per heavy atom. The Morgan fingerprint density at radius 3 is 2.33 bits per heavy atom. The van der Waals surface area contributed by atoms with Crippen LogP contribution in [0.1, 0.15) is 70.7 Å². The Labute approximate surface area is 182 Å². The van der Waals surface area contributed by atoms with Crippen molar-refractivity contribution in [2.45, 2.75) is 60.3 Å². The molecule has 1 aliphatic heterocycles. The Morgan fingerprint density at radius 2 is 1.73 bits per heavy atom. The lowest BCUT2D eigenvalue weighted by Gasteiger charge is -2.30. The lowest BCUT2D eigenvalue weighted by atomic mass is 9.92. The summed E-state index contributed by atoms with van der Waals surface area (Å²) in [5.41, 5.74) is 2.20. The molecular formula is C24H40N4O2. The number of anilines is 2. The zero-order chi connectivity index (χ0) is 22.1. The van der Waals surface area contributed by atoms with Gasteiger partial charge in [0.05, 0.1) is 5.56 Å². The molecule has 1 aliphatic rings. The van der Waals surface area contributed by atoms with E-state index in [1.54, 1.807) is 0 Å². The first-order chi connectivity index (χ1) is 14.2. The molecule has 1 aromatic carbocycles. The number of nitrogens with zero attached hydrogens (tertiary/aromatic N) is 2. The molecule has 6 nitrogen and oxygen atoms in total. The molecule has 0 radical (unpaired) electrons. The zero-order valence-electron chi connectivity index (χ0n) is 19.5. The van der Waals surface area contributed by atoms with Crippen molar-refractivity contribution in [2.24, 2.45) is 5.41 Å². The molecule has 0 aliphatic carbocycles. The fourth-order valence-corrected chi connectivity index (χ4v) is 3.86. The second-order valence-electron chi connectivity index (χ2n) is 9.35. The summed E-state index contributed by atoms with van der Waals surface area (Å²) < 4.78 is 0. The SMILES string of the molecule is CCN(CC)CCNC(=O)c1cc(NC(=O)CC(C)(C)C)ccc1N1CCCCC1. The van der Waals surface area contributed by atoms with Crippen molar-refractivity contribution in [1.29, 1.82) is 0 Å². The fraction of sp³-hybridized carbons (Fsp3) is 0.667. The van der Waals surface area contributed by atoms with E-state index in [0.29, 0.717) is 24.2 Å². The van der Waals surface area contributed by atoms with E-state index in [1.807, 2.05) is 39.0 Å². The van der Waals surface area contributed by atoms with E-state index in [1.165, 1.54) is 6.42 Å². The predicted molar refractivity (Wildman–Crippen MR) is 125 cm³/mol. The van der Waals surface area contributed by atoms with Gasteiger partial charge in [-0.05, 0) is 56.0 Å². The van der Waals surface area contributed by atoms with Gasteiger partial charge in [-0.15, -0.1) is 0 Å². The molecule has 1 aromatic rings. The maximum Gasteiger partial charge on any atom is 0.253 e. The maximum absolute atomic E-state index is 13.1. The summed E-state index contributed by atoms with van der Waals surface area (Å²) in [6.45, 7) is 15.7. The van der Waals surface area contributed by atoms with Crippen molar-refractivity contribution in [3.05, 3.63) is 23.8 Å². The van der Waals surface area contributed by atoms with Crippen LogP contribution >= 0.6 is 0 Å². The molecule has 6 heteroatoms. The van der Waals surface area contributed by atoms with Gasteiger partial charge in [0.15, 0.2) is 0 Å². The molecular weight excluding hydrogens is 376 g/mol. The van der Waals surface area contributed by atoms with Gasteiger partial charge in [0, 0.05) is 44.0 Å². The van der Waals surface area contributed by atoms with E-state index in [9.17, 15) is 9.59 Å². The molecule has 0 aromatic heterocycles. The van der Waals surface area contributed by atoms with Crippen molar-refractivity contribution in [3.8, 4) is 0 Å². The summed E-state index contributed by atoms with van der Waals surface area (Å²) in [7, 11) is 0. The number of amides is 2. The quantitative estimate of drug-likeness (QED) is 0.635. The predicted octanol–water partition coefficient (Wildman–Crippen LogP) is 4.12. The number of hydrogen-bond donors (Lipinski definition) is 2. The Hall–Kier alpha value is -2.08. The lowest BCUT2D eigenvalue weighted by molar-refractivity contribution is -0.117. The third kappa shape index (κ3) is 7.63. The number of likely N-dealkylation sites (N-methyl/N-ethyl adjacent to an activating group) is 1. The van der Waals surface area contributed by atoms with Crippen molar-refractivity contribution in [2.75, 3.05) is 49.5 Å². The minimum absolute atomic E-state index is 0.0267. The summed E-state index contributed by atoms with van der Waals surface area (Å²) in [6, 6.07) is 5.73. The fourth-order valence-electron chi connectivity index (χ4n) is 3.86. The third-order valence-electron chi connectivity index (χ3n) is 5.52. The van der Waals surface area contributed by atoms with Gasteiger partial charge >= 0.3 is 0 Å². The van der Waals surface area contributed by atoms with Crippen molar-refractivity contribution >= 4 is 23.2 Å². The van der Waals surface area contributed by atoms with Crippen molar-refractivity contribution in [3.63, 3.8) is 0 Å². The normalized spacial score (nSPS) is 14.7. The van der Waals surface area contributed by atoms with Crippen LogP contribution in [0.2, 0.25) is 0 Å². The highest BCUT2D eigenvalue weighted by Crippen LogP contribution is 2.28. The molecule has 30 heavy (non-hydrogen) atoms. The Balaban J connectivity index is 2.17. The van der Waals surface area contributed by atoms with Gasteiger partial charge in [-0.3, -0.25) is 9.59 Å². The van der Waals surface area contributed by atoms with Crippen molar-refractivity contribution < 1.29 is 9.59 Å². The van der Waals surface area contributed by atoms with E-state index >= 15 is 0 Å². The van der Waals surface area contributed by atoms with E-state index in [-0.39, 0.29) is 17.2 Å². The largest absolute Gasteiger partial charge is 0.371 e. The summed E-state index contributed by atoms with van der Waals surface area (Å²) in [4.78, 5) is 30.0. The number of carbonyl (C=O) groups excluding carboxylic acids is 2. The van der Waals surface area contributed by atoms with E-state index in [0.717, 1.165) is 51.3 Å². The second-order valence-corrected chi connectivity index (χ2v) is 9.35. The molecule has 0 saturated carbocycles. The highest BCUT2D eigenvalue weighted by Gasteiger charge is 2.21. The Bertz CT molecular complexity index is 702. The minimum Gasteiger partial charge on any atom is -0.371 e. The van der Waals surface area contributed by atoms with Crippen LogP contribution in [0.15, 0.2) is 18.2 Å². The van der Waals surface area contributed by atoms with Gasteiger partial charge < -0.3 is 20.4 Å². The summed E-state index contributed by atoms with van der Waals surface area (Å²) >= 11 is 0. The van der Waals surface area contributed by atoms with Crippen LogP contribution in [0, 0.1) is 5.41 Å². The Kier molecular flexibility index (Phi) is 9.15. The van der Waals surface area contributed by atoms with Gasteiger partial charge in [-0.2, -0.15) is 0 Å². The van der Waals surface area contributed by atoms with E-state index in [4.69, 9.17) is 0 Å². The molecule has 0 spiro atoms. The molecule has 168 valence electrons. The zero-order valence-corrected chi connectivity index (χ0v) is 19.5. The van der Waals surface area contributed by atoms with Crippen LogP contribution < -0.4 is 15.5 Å². The number of benzene rings is 1. The van der Waals surface area contributed by atoms with Crippen molar-refractivity contribution in [1.82, 2.24) is 10.2 Å². The summed E-state index contributed by atoms with van der Waals surface area (Å²) in [5, 5.41) is 6.05. The highest BCUT2D eigenvalue weighted by atomic mass is 16.2. The molecule has 2 rings (SSSR count). The summed E-state index contributed by atoms with van der Waals surface area (Å²) in [6.07, 6.45) is 3.97. The second kappa shape index (κ2) is 11.3. The van der Waals surface area contributed by atoms with E-state index < -0.39 is 0 Å². The number of carbonyl (C=O) groups is 2. The first kappa shape index (κ1) is 24.2. The van der Waals surface area contributed by atoms with Gasteiger partial charge in [0.1, 0.15) is 0 Å². The van der Waals surface area contributed by atoms with Gasteiger partial charge in [0.25, 0.3) is 5.91 Å². The number of piperidine rings is 1. The van der Waals surface area contributed by atoms with Crippen LogP contribution in [0.3, 0.4) is 0 Å². The van der Waals surface area contributed by atoms with Gasteiger partial charge in [-0.1, -0.05) is 34.6 Å². The molecule has 0 atom stereocenters. The third-order valence-corrected chi connectivity index (χ3v) is 5.52. The van der Waals surface area contributed by atoms with Gasteiger partial charge in [-0.25, -0.2) is 0 Å². The molecule has 0 unspecified atom stereocenters. The first-order valence-corrected chi connectivity index (χ1v) is 11.4. The topological polar surface area (TPSA) is 64.7 Å². The molecule has 1 heterocycles. The maximum atomic E-state index is 13.1. The van der Waals surface area contributed by atoms with Crippen LogP contribution in [0.4, 0.5) is 11.4 Å². The monoisotopic (exact) mass is 416 g/mol. The average Bonchev–Trinajstić information content (AvgIpc) is 2.70. The summed E-state index contributed by atoms with van der Waals surface area (Å²) in [5.74, 6) is -0.101. The minimum atomic E-state index is -0.0809. The van der Waals surface area contributed by atoms with Crippen LogP contribution in [0.5, 0.6) is 0 Å². The molecule has 2 amide bonds.